The van der Waals surface area contributed by atoms with Gasteiger partial charge in [0.05, 0.1) is 9.95 Å². The molecule has 0 unspecified atom stereocenters. The van der Waals surface area contributed by atoms with E-state index in [0.29, 0.717) is 15.9 Å². The van der Waals surface area contributed by atoms with Gasteiger partial charge in [0, 0.05) is 17.6 Å². The molecule has 0 radical (unpaired) electrons. The van der Waals surface area contributed by atoms with Gasteiger partial charge in [-0.3, -0.25) is 10.1 Å². The molecular weight excluding hydrogens is 228 g/mol. The molecule has 0 atom stereocenters. The van der Waals surface area contributed by atoms with Gasteiger partial charge in [-0.1, -0.05) is 11.6 Å². The molecule has 2 aromatic rings. The predicted molar refractivity (Wildman–Crippen MR) is 62.9 cm³/mol. The summed E-state index contributed by atoms with van der Waals surface area (Å²) in [6.07, 6.45) is 1.55. The van der Waals surface area contributed by atoms with Crippen LogP contribution in [0.3, 0.4) is 0 Å². The van der Waals surface area contributed by atoms with Crippen LogP contribution in [-0.2, 0) is 0 Å². The lowest BCUT2D eigenvalue weighted by atomic mass is 10.1. The molecule has 4 nitrogen and oxygen atoms in total. The average molecular weight is 237 g/mol. The van der Waals surface area contributed by atoms with Crippen molar-refractivity contribution in [2.75, 3.05) is 0 Å². The maximum absolute atomic E-state index is 10.9. The van der Waals surface area contributed by atoms with Crippen LogP contribution in [0.25, 0.3) is 10.9 Å². The van der Waals surface area contributed by atoms with Gasteiger partial charge >= 0.3 is 0 Å². The molecule has 0 amide bonds. The van der Waals surface area contributed by atoms with Crippen LogP contribution in [-0.4, -0.2) is 9.91 Å². The minimum Gasteiger partial charge on any atom is -0.258 e. The third kappa shape index (κ3) is 1.61. The molecule has 0 bridgehead atoms. The molecule has 0 aliphatic carbocycles. The van der Waals surface area contributed by atoms with Crippen molar-refractivity contribution in [3.63, 3.8) is 0 Å². The van der Waals surface area contributed by atoms with Crippen molar-refractivity contribution in [2.24, 2.45) is 0 Å². The summed E-state index contributed by atoms with van der Waals surface area (Å²) in [7, 11) is 0. The van der Waals surface area contributed by atoms with Gasteiger partial charge in [-0.25, -0.2) is 4.98 Å². The fourth-order valence-electron chi connectivity index (χ4n) is 1.63. The Hall–Kier alpha value is -1.68. The zero-order chi connectivity index (χ0) is 11.9. The number of hydrogen-bond acceptors (Lipinski definition) is 3. The van der Waals surface area contributed by atoms with E-state index in [4.69, 9.17) is 11.6 Å². The van der Waals surface area contributed by atoms with Crippen LogP contribution in [0.2, 0.25) is 5.02 Å². The van der Waals surface area contributed by atoms with Gasteiger partial charge in [0.1, 0.15) is 5.52 Å². The summed E-state index contributed by atoms with van der Waals surface area (Å²) in [4.78, 5) is 14.5. The topological polar surface area (TPSA) is 56.0 Å². The van der Waals surface area contributed by atoms with E-state index in [1.54, 1.807) is 13.1 Å². The number of aryl methyl sites for hydroxylation is 2. The first-order chi connectivity index (χ1) is 7.50. The summed E-state index contributed by atoms with van der Waals surface area (Å²) < 4.78 is 0. The van der Waals surface area contributed by atoms with Gasteiger partial charge in [0.2, 0.25) is 0 Å². The highest BCUT2D eigenvalue weighted by Gasteiger charge is 2.16. The highest BCUT2D eigenvalue weighted by atomic mass is 35.5. The number of aromatic nitrogens is 1. The van der Waals surface area contributed by atoms with Crippen LogP contribution in [0.4, 0.5) is 5.69 Å². The minimum atomic E-state index is -0.437. The first-order valence-corrected chi connectivity index (χ1v) is 5.08. The van der Waals surface area contributed by atoms with Crippen molar-refractivity contribution in [1.82, 2.24) is 4.98 Å². The maximum Gasteiger partial charge on any atom is 0.295 e. The maximum atomic E-state index is 10.9. The molecule has 2 rings (SSSR count). The molecule has 5 heteroatoms. The van der Waals surface area contributed by atoms with Crippen molar-refractivity contribution < 1.29 is 4.92 Å². The molecule has 1 heterocycles. The van der Waals surface area contributed by atoms with Crippen LogP contribution in [0.1, 0.15) is 11.1 Å². The molecule has 0 saturated carbocycles. The lowest BCUT2D eigenvalue weighted by Gasteiger charge is -2.04. The number of benzene rings is 1. The van der Waals surface area contributed by atoms with Crippen molar-refractivity contribution in [3.8, 4) is 0 Å². The quantitative estimate of drug-likeness (QED) is 0.563. The second-order valence-electron chi connectivity index (χ2n) is 3.69. The Kier molecular flexibility index (Phi) is 2.52. The Morgan fingerprint density at radius 1 is 1.38 bits per heavy atom. The summed E-state index contributed by atoms with van der Waals surface area (Å²) >= 11 is 6.11. The lowest BCUT2D eigenvalue weighted by molar-refractivity contribution is -0.383. The third-order valence-electron chi connectivity index (χ3n) is 2.40. The molecule has 82 valence electrons. The van der Waals surface area contributed by atoms with Crippen LogP contribution in [0.5, 0.6) is 0 Å². The Morgan fingerprint density at radius 2 is 2.06 bits per heavy atom. The van der Waals surface area contributed by atoms with Crippen LogP contribution >= 0.6 is 11.6 Å². The summed E-state index contributed by atoms with van der Waals surface area (Å²) in [5.41, 5.74) is 1.95. The Balaban J connectivity index is 2.94. The first-order valence-electron chi connectivity index (χ1n) is 4.70. The average Bonchev–Trinajstić information content (AvgIpc) is 2.23. The third-order valence-corrected chi connectivity index (χ3v) is 2.90. The summed E-state index contributed by atoms with van der Waals surface area (Å²) in [5.74, 6) is 0. The van der Waals surface area contributed by atoms with E-state index in [1.807, 2.05) is 13.0 Å². The van der Waals surface area contributed by atoms with Gasteiger partial charge in [0.25, 0.3) is 5.69 Å². The number of pyridine rings is 1. The zero-order valence-electron chi connectivity index (χ0n) is 8.82. The van der Waals surface area contributed by atoms with E-state index in [0.717, 1.165) is 11.1 Å². The van der Waals surface area contributed by atoms with Crippen molar-refractivity contribution >= 4 is 28.2 Å². The molecule has 0 aliphatic rings. The number of non-ortho nitro benzene ring substituents is 1. The number of fused-ring (bicyclic) bond motifs is 1. The molecular formula is C11H9ClN2O2. The molecule has 0 N–H and O–H groups in total. The number of hydrogen-bond donors (Lipinski definition) is 0. The lowest BCUT2D eigenvalue weighted by Crippen LogP contribution is -1.94. The van der Waals surface area contributed by atoms with E-state index in [2.05, 4.69) is 4.98 Å². The van der Waals surface area contributed by atoms with E-state index in [-0.39, 0.29) is 5.69 Å². The fourth-order valence-corrected chi connectivity index (χ4v) is 1.83. The number of nitrogens with zero attached hydrogens (tertiary/aromatic N) is 2. The molecule has 1 aromatic heterocycles. The standard InChI is InChI=1S/C11H9ClN2O2/c1-6-3-8-10(12)7(2)5-13-11(8)9(4-6)14(15)16/h3-5H,1-2H3. The fraction of sp³-hybridized carbons (Fsp3) is 0.182. The van der Waals surface area contributed by atoms with E-state index in [1.165, 1.54) is 6.07 Å². The Morgan fingerprint density at radius 3 is 2.69 bits per heavy atom. The van der Waals surface area contributed by atoms with Gasteiger partial charge in [0.15, 0.2) is 0 Å². The summed E-state index contributed by atoms with van der Waals surface area (Å²) in [5, 5.41) is 12.0. The number of nitro benzene ring substituents is 1. The number of halogens is 1. The van der Waals surface area contributed by atoms with Gasteiger partial charge < -0.3 is 0 Å². The minimum absolute atomic E-state index is 0.00287. The monoisotopic (exact) mass is 236 g/mol. The van der Waals surface area contributed by atoms with Gasteiger partial charge in [-0.2, -0.15) is 0 Å². The molecule has 1 aromatic carbocycles. The molecule has 0 saturated heterocycles. The van der Waals surface area contributed by atoms with Crippen LogP contribution < -0.4 is 0 Å². The van der Waals surface area contributed by atoms with Crippen molar-refractivity contribution in [1.29, 1.82) is 0 Å². The molecule has 0 fully saturated rings. The summed E-state index contributed by atoms with van der Waals surface area (Å²) in [6.45, 7) is 3.62. The van der Waals surface area contributed by atoms with Crippen LogP contribution in [0.15, 0.2) is 18.3 Å². The number of rotatable bonds is 1. The van der Waals surface area contributed by atoms with E-state index >= 15 is 0 Å². The molecule has 16 heavy (non-hydrogen) atoms. The van der Waals surface area contributed by atoms with E-state index in [9.17, 15) is 10.1 Å². The van der Waals surface area contributed by atoms with Crippen molar-refractivity contribution in [3.05, 3.63) is 44.6 Å². The highest BCUT2D eigenvalue weighted by Crippen LogP contribution is 2.31. The predicted octanol–water partition coefficient (Wildman–Crippen LogP) is 3.41. The normalized spacial score (nSPS) is 10.7. The summed E-state index contributed by atoms with van der Waals surface area (Å²) in [6, 6.07) is 3.31. The number of nitro groups is 1. The Labute approximate surface area is 97.0 Å². The van der Waals surface area contributed by atoms with Gasteiger partial charge in [-0.15, -0.1) is 0 Å². The van der Waals surface area contributed by atoms with Crippen LogP contribution in [0, 0.1) is 24.0 Å². The second-order valence-corrected chi connectivity index (χ2v) is 4.07. The largest absolute Gasteiger partial charge is 0.295 e. The Bertz CT molecular complexity index is 596. The first kappa shape index (κ1) is 10.8. The molecule has 0 aliphatic heterocycles. The zero-order valence-corrected chi connectivity index (χ0v) is 9.58. The highest BCUT2D eigenvalue weighted by molar-refractivity contribution is 6.36. The van der Waals surface area contributed by atoms with Gasteiger partial charge in [-0.05, 0) is 31.0 Å². The molecule has 0 spiro atoms. The van der Waals surface area contributed by atoms with Crippen molar-refractivity contribution in [2.45, 2.75) is 13.8 Å². The smallest absolute Gasteiger partial charge is 0.258 e. The SMILES string of the molecule is Cc1cc([N+](=O)[O-])c2ncc(C)c(Cl)c2c1. The van der Waals surface area contributed by atoms with E-state index < -0.39 is 4.92 Å². The second kappa shape index (κ2) is 3.72.